The smallest absolute Gasteiger partial charge is 0.257 e. The third-order valence-corrected chi connectivity index (χ3v) is 4.21. The number of aromatic nitrogens is 4. The van der Waals surface area contributed by atoms with Crippen LogP contribution in [0.3, 0.4) is 0 Å². The highest BCUT2D eigenvalue weighted by Crippen LogP contribution is 2.18. The van der Waals surface area contributed by atoms with Gasteiger partial charge in [-0.25, -0.2) is 0 Å². The van der Waals surface area contributed by atoms with Crippen molar-refractivity contribution in [1.29, 1.82) is 0 Å². The molecule has 0 unspecified atom stereocenters. The van der Waals surface area contributed by atoms with Crippen molar-refractivity contribution < 1.29 is 4.52 Å². The molecule has 3 rings (SSSR count). The molecule has 0 radical (unpaired) electrons. The van der Waals surface area contributed by atoms with Gasteiger partial charge in [0, 0.05) is 51.1 Å². The fraction of sp³-hybridized carbons (Fsp3) is 0.400. The maximum Gasteiger partial charge on any atom is 0.257 e. The van der Waals surface area contributed by atoms with Crippen molar-refractivity contribution in [1.82, 2.24) is 30.6 Å². The first-order valence-electron chi connectivity index (χ1n) is 9.62. The molecule has 8 heteroatoms. The Kier molecular flexibility index (Phi) is 7.17. The Morgan fingerprint density at radius 2 is 2.18 bits per heavy atom. The first kappa shape index (κ1) is 19.6. The predicted molar refractivity (Wildman–Crippen MR) is 109 cm³/mol. The van der Waals surface area contributed by atoms with E-state index in [2.05, 4.69) is 49.9 Å². The quantitative estimate of drug-likeness (QED) is 0.336. The van der Waals surface area contributed by atoms with Gasteiger partial charge in [-0.2, -0.15) is 10.1 Å². The van der Waals surface area contributed by atoms with Crippen LogP contribution in [-0.4, -0.2) is 39.5 Å². The molecular weight excluding hydrogens is 354 g/mol. The average molecular weight is 381 g/mol. The molecule has 0 bridgehead atoms. The van der Waals surface area contributed by atoms with Crippen LogP contribution >= 0.6 is 0 Å². The molecule has 148 valence electrons. The lowest BCUT2D eigenvalue weighted by atomic mass is 10.1. The minimum Gasteiger partial charge on any atom is -0.356 e. The Labute approximate surface area is 165 Å². The Morgan fingerprint density at radius 3 is 2.96 bits per heavy atom. The molecule has 2 aromatic heterocycles. The second-order valence-corrected chi connectivity index (χ2v) is 6.44. The Bertz CT molecular complexity index is 870. The van der Waals surface area contributed by atoms with Gasteiger partial charge in [0.1, 0.15) is 0 Å². The number of benzene rings is 1. The van der Waals surface area contributed by atoms with Crippen LogP contribution in [0.15, 0.2) is 52.2 Å². The van der Waals surface area contributed by atoms with Crippen molar-refractivity contribution in [2.45, 2.75) is 39.3 Å². The highest BCUT2D eigenvalue weighted by Gasteiger charge is 2.09. The van der Waals surface area contributed by atoms with Crippen LogP contribution in [0.5, 0.6) is 0 Å². The number of nitrogens with one attached hydrogen (secondary N) is 2. The zero-order valence-electron chi connectivity index (χ0n) is 16.4. The number of aryl methyl sites for hydroxylation is 2. The monoisotopic (exact) mass is 381 g/mol. The SMILES string of the molecule is CCCc1noc(-c2cccc(CNC(=NC)NCCCn3cccn3)c2)n1. The van der Waals surface area contributed by atoms with Gasteiger partial charge < -0.3 is 15.2 Å². The third kappa shape index (κ3) is 5.67. The van der Waals surface area contributed by atoms with Crippen molar-refractivity contribution in [3.63, 3.8) is 0 Å². The number of aliphatic imine (C=N–C) groups is 1. The molecule has 2 N–H and O–H groups in total. The summed E-state index contributed by atoms with van der Waals surface area (Å²) in [7, 11) is 1.77. The molecule has 0 fully saturated rings. The lowest BCUT2D eigenvalue weighted by molar-refractivity contribution is 0.422. The Hall–Kier alpha value is -3.16. The minimum atomic E-state index is 0.562. The van der Waals surface area contributed by atoms with Gasteiger partial charge in [0.15, 0.2) is 11.8 Å². The molecule has 0 atom stereocenters. The van der Waals surface area contributed by atoms with Crippen molar-refractivity contribution >= 4 is 5.96 Å². The summed E-state index contributed by atoms with van der Waals surface area (Å²) in [6.45, 7) is 4.45. The van der Waals surface area contributed by atoms with Crippen molar-refractivity contribution in [3.05, 3.63) is 54.1 Å². The van der Waals surface area contributed by atoms with E-state index in [9.17, 15) is 0 Å². The normalized spacial score (nSPS) is 11.6. The van der Waals surface area contributed by atoms with Gasteiger partial charge >= 0.3 is 0 Å². The van der Waals surface area contributed by atoms with Crippen LogP contribution < -0.4 is 10.6 Å². The maximum atomic E-state index is 5.38. The van der Waals surface area contributed by atoms with Crippen molar-refractivity contribution in [2.75, 3.05) is 13.6 Å². The molecule has 0 spiro atoms. The molecule has 0 aliphatic rings. The number of rotatable bonds is 9. The van der Waals surface area contributed by atoms with E-state index in [1.165, 1.54) is 0 Å². The molecule has 3 aromatic rings. The summed E-state index contributed by atoms with van der Waals surface area (Å²) in [6.07, 6.45) is 6.55. The van der Waals surface area contributed by atoms with Crippen LogP contribution in [-0.2, 0) is 19.5 Å². The number of nitrogens with zero attached hydrogens (tertiary/aromatic N) is 5. The topological polar surface area (TPSA) is 93.2 Å². The second-order valence-electron chi connectivity index (χ2n) is 6.44. The summed E-state index contributed by atoms with van der Waals surface area (Å²) in [5.41, 5.74) is 2.04. The maximum absolute atomic E-state index is 5.38. The van der Waals surface area contributed by atoms with Crippen LogP contribution in [0, 0.1) is 0 Å². The summed E-state index contributed by atoms with van der Waals surface area (Å²) in [5, 5.41) is 14.9. The number of hydrogen-bond donors (Lipinski definition) is 2. The Morgan fingerprint density at radius 1 is 1.25 bits per heavy atom. The number of hydrogen-bond acceptors (Lipinski definition) is 5. The molecule has 2 heterocycles. The standard InChI is InChI=1S/C20H27N7O/c1-3-7-18-25-19(28-26-18)17-9-4-8-16(14-17)15-23-20(21-2)22-10-5-12-27-13-6-11-24-27/h4,6,8-9,11,13-14H,3,5,7,10,12,15H2,1-2H3,(H2,21,22,23). The lowest BCUT2D eigenvalue weighted by Crippen LogP contribution is -2.37. The molecular formula is C20H27N7O. The van der Waals surface area contributed by atoms with Crippen LogP contribution in [0.2, 0.25) is 0 Å². The summed E-state index contributed by atoms with van der Waals surface area (Å²) < 4.78 is 7.30. The van der Waals surface area contributed by atoms with Gasteiger partial charge in [0.25, 0.3) is 5.89 Å². The zero-order chi connectivity index (χ0) is 19.6. The molecule has 8 nitrogen and oxygen atoms in total. The van der Waals surface area contributed by atoms with E-state index in [0.717, 1.165) is 55.3 Å². The van der Waals surface area contributed by atoms with Crippen molar-refractivity contribution in [2.24, 2.45) is 4.99 Å². The van der Waals surface area contributed by atoms with E-state index >= 15 is 0 Å². The molecule has 1 aromatic carbocycles. The molecule has 0 aliphatic carbocycles. The highest BCUT2D eigenvalue weighted by molar-refractivity contribution is 5.79. The van der Waals surface area contributed by atoms with E-state index in [1.54, 1.807) is 13.2 Å². The summed E-state index contributed by atoms with van der Waals surface area (Å²) >= 11 is 0. The van der Waals surface area contributed by atoms with Crippen LogP contribution in [0.1, 0.15) is 31.2 Å². The fourth-order valence-corrected chi connectivity index (χ4v) is 2.80. The van der Waals surface area contributed by atoms with E-state index < -0.39 is 0 Å². The molecule has 28 heavy (non-hydrogen) atoms. The third-order valence-electron chi connectivity index (χ3n) is 4.21. The van der Waals surface area contributed by atoms with Gasteiger partial charge in [-0.3, -0.25) is 9.67 Å². The van der Waals surface area contributed by atoms with E-state index in [0.29, 0.717) is 12.4 Å². The van der Waals surface area contributed by atoms with Gasteiger partial charge in [0.2, 0.25) is 0 Å². The Balaban J connectivity index is 1.48. The second kappa shape index (κ2) is 10.2. The van der Waals surface area contributed by atoms with E-state index in [1.807, 2.05) is 29.1 Å². The number of guanidine groups is 1. The predicted octanol–water partition coefficient (Wildman–Crippen LogP) is 2.64. The van der Waals surface area contributed by atoms with E-state index in [-0.39, 0.29) is 0 Å². The molecule has 0 aliphatic heterocycles. The minimum absolute atomic E-state index is 0.562. The molecule has 0 amide bonds. The first-order valence-corrected chi connectivity index (χ1v) is 9.62. The first-order chi connectivity index (χ1) is 13.8. The summed E-state index contributed by atoms with van der Waals surface area (Å²) in [4.78, 5) is 8.73. The molecule has 0 saturated carbocycles. The zero-order valence-corrected chi connectivity index (χ0v) is 16.4. The average Bonchev–Trinajstić information content (AvgIpc) is 3.40. The van der Waals surface area contributed by atoms with Crippen molar-refractivity contribution in [3.8, 4) is 11.5 Å². The van der Waals surface area contributed by atoms with Gasteiger partial charge in [-0.1, -0.05) is 24.2 Å². The largest absolute Gasteiger partial charge is 0.356 e. The summed E-state index contributed by atoms with van der Waals surface area (Å²) in [5.74, 6) is 2.08. The van der Waals surface area contributed by atoms with E-state index in [4.69, 9.17) is 4.52 Å². The fourth-order valence-electron chi connectivity index (χ4n) is 2.80. The highest BCUT2D eigenvalue weighted by atomic mass is 16.5. The lowest BCUT2D eigenvalue weighted by Gasteiger charge is -2.12. The van der Waals surface area contributed by atoms with Crippen LogP contribution in [0.4, 0.5) is 0 Å². The van der Waals surface area contributed by atoms with Gasteiger partial charge in [-0.15, -0.1) is 0 Å². The van der Waals surface area contributed by atoms with Gasteiger partial charge in [-0.05, 0) is 36.6 Å². The van der Waals surface area contributed by atoms with Crippen LogP contribution in [0.25, 0.3) is 11.5 Å². The van der Waals surface area contributed by atoms with Gasteiger partial charge in [0.05, 0.1) is 0 Å². The summed E-state index contributed by atoms with van der Waals surface area (Å²) in [6, 6.07) is 10.0. The molecule has 0 saturated heterocycles.